The fraction of sp³-hybridized carbons (Fsp3) is 0.100. The standard InChI is InChI=1S/C30H27N3O4/c1-36-24-15-13-23(14-16-24)31-18-21(17-20-9-11-22(12-10-20)30(34)33-35)19-37-28-8-4-6-26-25-5-2-3-7-27(25)32-29(26)28/h2-17,31-32,35H,18-19H2,1H3,(H,33,34)/b21-17+. The molecular weight excluding hydrogens is 466 g/mol. The molecule has 0 aliphatic rings. The van der Waals surface area contributed by atoms with Gasteiger partial charge in [-0.2, -0.15) is 0 Å². The van der Waals surface area contributed by atoms with E-state index in [2.05, 4.69) is 28.5 Å². The Bertz CT molecular complexity index is 1550. The van der Waals surface area contributed by atoms with Gasteiger partial charge in [-0.1, -0.05) is 48.5 Å². The number of benzene rings is 4. The predicted octanol–water partition coefficient (Wildman–Crippen LogP) is 6.02. The zero-order chi connectivity index (χ0) is 25.6. The number of hydroxylamine groups is 1. The van der Waals surface area contributed by atoms with Gasteiger partial charge >= 0.3 is 0 Å². The lowest BCUT2D eigenvalue weighted by Crippen LogP contribution is -2.18. The molecule has 0 saturated carbocycles. The Balaban J connectivity index is 1.39. The Hall–Kier alpha value is -4.75. The molecule has 5 aromatic rings. The molecule has 0 aliphatic heterocycles. The van der Waals surface area contributed by atoms with Crippen LogP contribution in [-0.4, -0.2) is 36.4 Å². The minimum absolute atomic E-state index is 0.358. The van der Waals surface area contributed by atoms with Crippen molar-refractivity contribution in [3.05, 3.63) is 108 Å². The number of nitrogens with one attached hydrogen (secondary N) is 3. The van der Waals surface area contributed by atoms with E-state index < -0.39 is 5.91 Å². The summed E-state index contributed by atoms with van der Waals surface area (Å²) < 4.78 is 11.6. The van der Waals surface area contributed by atoms with Gasteiger partial charge < -0.3 is 19.8 Å². The van der Waals surface area contributed by atoms with Crippen LogP contribution in [0.25, 0.3) is 27.9 Å². The molecular formula is C30H27N3O4. The van der Waals surface area contributed by atoms with Crippen molar-refractivity contribution < 1.29 is 19.5 Å². The summed E-state index contributed by atoms with van der Waals surface area (Å²) in [4.78, 5) is 15.1. The monoisotopic (exact) mass is 493 g/mol. The molecule has 0 aliphatic carbocycles. The maximum Gasteiger partial charge on any atom is 0.274 e. The first-order chi connectivity index (χ1) is 18.1. The van der Waals surface area contributed by atoms with Gasteiger partial charge in [0, 0.05) is 34.1 Å². The second kappa shape index (κ2) is 10.9. The lowest BCUT2D eigenvalue weighted by Gasteiger charge is -2.14. The summed E-state index contributed by atoms with van der Waals surface area (Å²) >= 11 is 0. The normalized spacial score (nSPS) is 11.5. The van der Waals surface area contributed by atoms with E-state index in [1.807, 2.05) is 66.7 Å². The van der Waals surface area contributed by atoms with Crippen LogP contribution in [0.3, 0.4) is 0 Å². The average Bonchev–Trinajstić information content (AvgIpc) is 3.34. The molecule has 7 nitrogen and oxygen atoms in total. The number of rotatable bonds is 9. The average molecular weight is 494 g/mol. The first kappa shape index (κ1) is 24.0. The molecule has 5 rings (SSSR count). The van der Waals surface area contributed by atoms with Gasteiger partial charge in [-0.25, -0.2) is 5.48 Å². The van der Waals surface area contributed by atoms with Crippen molar-refractivity contribution in [2.24, 2.45) is 0 Å². The molecule has 1 aromatic heterocycles. The lowest BCUT2D eigenvalue weighted by atomic mass is 10.1. The van der Waals surface area contributed by atoms with E-state index in [0.717, 1.165) is 50.1 Å². The topological polar surface area (TPSA) is 95.6 Å². The molecule has 0 fully saturated rings. The van der Waals surface area contributed by atoms with Crippen LogP contribution in [0.4, 0.5) is 5.69 Å². The van der Waals surface area contributed by atoms with E-state index in [0.29, 0.717) is 18.7 Å². The molecule has 0 spiro atoms. The summed E-state index contributed by atoms with van der Waals surface area (Å²) in [5, 5.41) is 14.6. The van der Waals surface area contributed by atoms with Crippen molar-refractivity contribution >= 4 is 39.5 Å². The van der Waals surface area contributed by atoms with E-state index >= 15 is 0 Å². The molecule has 0 unspecified atom stereocenters. The number of hydrogen-bond acceptors (Lipinski definition) is 5. The zero-order valence-corrected chi connectivity index (χ0v) is 20.3. The van der Waals surface area contributed by atoms with Crippen LogP contribution >= 0.6 is 0 Å². The summed E-state index contributed by atoms with van der Waals surface area (Å²) in [6.45, 7) is 0.907. The molecule has 4 N–H and O–H groups in total. The van der Waals surface area contributed by atoms with Crippen molar-refractivity contribution in [2.75, 3.05) is 25.6 Å². The van der Waals surface area contributed by atoms with Gasteiger partial charge in [0.05, 0.1) is 12.6 Å². The Morgan fingerprint density at radius 1 is 0.919 bits per heavy atom. The first-order valence-electron chi connectivity index (χ1n) is 11.9. The predicted molar refractivity (Wildman–Crippen MR) is 146 cm³/mol. The Morgan fingerprint density at radius 3 is 2.43 bits per heavy atom. The number of anilines is 1. The molecule has 0 atom stereocenters. The number of hydrogen-bond donors (Lipinski definition) is 4. The lowest BCUT2D eigenvalue weighted by molar-refractivity contribution is 0.0706. The van der Waals surface area contributed by atoms with Crippen molar-refractivity contribution in [1.82, 2.24) is 10.5 Å². The number of carbonyl (C=O) groups excluding carboxylic acids is 1. The number of fused-ring (bicyclic) bond motifs is 3. The molecule has 7 heteroatoms. The van der Waals surface area contributed by atoms with Crippen molar-refractivity contribution in [2.45, 2.75) is 0 Å². The Morgan fingerprint density at radius 2 is 1.68 bits per heavy atom. The number of carbonyl (C=O) groups is 1. The minimum Gasteiger partial charge on any atom is -0.497 e. The third kappa shape index (κ3) is 5.42. The molecule has 0 radical (unpaired) electrons. The van der Waals surface area contributed by atoms with Crippen molar-refractivity contribution in [3.8, 4) is 11.5 Å². The summed E-state index contributed by atoms with van der Waals surface area (Å²) in [5.74, 6) is 1.02. The second-order valence-corrected chi connectivity index (χ2v) is 8.59. The molecule has 186 valence electrons. The summed E-state index contributed by atoms with van der Waals surface area (Å²) in [6, 6.07) is 29.0. The van der Waals surface area contributed by atoms with Crippen LogP contribution in [0.15, 0.2) is 96.6 Å². The van der Waals surface area contributed by atoms with E-state index in [-0.39, 0.29) is 0 Å². The van der Waals surface area contributed by atoms with Crippen LogP contribution in [-0.2, 0) is 0 Å². The minimum atomic E-state index is -0.549. The van der Waals surface area contributed by atoms with Gasteiger partial charge in [0.2, 0.25) is 0 Å². The number of aromatic amines is 1. The quantitative estimate of drug-likeness (QED) is 0.149. The number of H-pyrrole nitrogens is 1. The molecule has 37 heavy (non-hydrogen) atoms. The highest BCUT2D eigenvalue weighted by atomic mass is 16.5. The van der Waals surface area contributed by atoms with Crippen LogP contribution in [0.5, 0.6) is 11.5 Å². The van der Waals surface area contributed by atoms with Crippen molar-refractivity contribution in [1.29, 1.82) is 0 Å². The van der Waals surface area contributed by atoms with Gasteiger partial charge in [-0.3, -0.25) is 10.0 Å². The third-order valence-electron chi connectivity index (χ3n) is 6.17. The smallest absolute Gasteiger partial charge is 0.274 e. The molecule has 4 aromatic carbocycles. The molecule has 1 heterocycles. The summed E-state index contributed by atoms with van der Waals surface area (Å²) in [7, 11) is 1.64. The van der Waals surface area contributed by atoms with Gasteiger partial charge in [0.1, 0.15) is 18.1 Å². The number of amides is 1. The third-order valence-corrected chi connectivity index (χ3v) is 6.17. The molecule has 0 bridgehead atoms. The van der Waals surface area contributed by atoms with E-state index in [1.165, 1.54) is 0 Å². The SMILES string of the molecule is COc1ccc(NC/C(=C\c2ccc(C(=O)NO)cc2)COc2cccc3c2[nH]c2ccccc23)cc1. The van der Waals surface area contributed by atoms with Gasteiger partial charge in [0.25, 0.3) is 5.91 Å². The molecule has 0 saturated heterocycles. The van der Waals surface area contributed by atoms with Gasteiger partial charge in [-0.05, 0) is 59.7 Å². The summed E-state index contributed by atoms with van der Waals surface area (Å²) in [5.41, 5.74) is 6.93. The maximum atomic E-state index is 11.7. The molecule has 1 amide bonds. The second-order valence-electron chi connectivity index (χ2n) is 8.59. The van der Waals surface area contributed by atoms with Crippen LogP contribution in [0, 0.1) is 0 Å². The highest BCUT2D eigenvalue weighted by Gasteiger charge is 2.10. The Kier molecular flexibility index (Phi) is 7.05. The maximum absolute atomic E-state index is 11.7. The number of methoxy groups -OCH3 is 1. The number of ether oxygens (including phenoxy) is 2. The fourth-order valence-corrected chi connectivity index (χ4v) is 4.24. The van der Waals surface area contributed by atoms with E-state index in [4.69, 9.17) is 14.7 Å². The van der Waals surface area contributed by atoms with Crippen LogP contribution in [0.1, 0.15) is 15.9 Å². The zero-order valence-electron chi connectivity index (χ0n) is 20.3. The first-order valence-corrected chi connectivity index (χ1v) is 11.9. The highest BCUT2D eigenvalue weighted by molar-refractivity contribution is 6.09. The number of aromatic nitrogens is 1. The summed E-state index contributed by atoms with van der Waals surface area (Å²) in [6.07, 6.45) is 2.03. The van der Waals surface area contributed by atoms with Crippen LogP contribution < -0.4 is 20.3 Å². The highest BCUT2D eigenvalue weighted by Crippen LogP contribution is 2.31. The van der Waals surface area contributed by atoms with Gasteiger partial charge in [-0.15, -0.1) is 0 Å². The number of para-hydroxylation sites is 2. The van der Waals surface area contributed by atoms with Crippen molar-refractivity contribution in [3.63, 3.8) is 0 Å². The Labute approximate surface area is 214 Å². The van der Waals surface area contributed by atoms with E-state index in [9.17, 15) is 4.79 Å². The van der Waals surface area contributed by atoms with E-state index in [1.54, 1.807) is 24.7 Å². The largest absolute Gasteiger partial charge is 0.497 e. The fourth-order valence-electron chi connectivity index (χ4n) is 4.24. The van der Waals surface area contributed by atoms with Crippen LogP contribution in [0.2, 0.25) is 0 Å². The van der Waals surface area contributed by atoms with Gasteiger partial charge in [0.15, 0.2) is 0 Å².